The number of allylic oxidation sites excluding steroid dienone is 1. The summed E-state index contributed by atoms with van der Waals surface area (Å²) in [5.41, 5.74) is 3.03. The smallest absolute Gasteiger partial charge is 0.130 e. The highest BCUT2D eigenvalue weighted by Gasteiger charge is 2.52. The first kappa shape index (κ1) is 14.4. The number of ether oxygens (including phenoxy) is 1. The first-order valence-electron chi connectivity index (χ1n) is 7.82. The lowest BCUT2D eigenvalue weighted by molar-refractivity contribution is -0.110. The van der Waals surface area contributed by atoms with Crippen molar-refractivity contribution in [3.63, 3.8) is 0 Å². The van der Waals surface area contributed by atoms with Crippen molar-refractivity contribution in [2.45, 2.75) is 52.1 Å². The molecular formula is C19H24O2. The van der Waals surface area contributed by atoms with Crippen LogP contribution in [0.25, 0.3) is 5.57 Å². The van der Waals surface area contributed by atoms with Gasteiger partial charge in [-0.2, -0.15) is 0 Å². The largest absolute Gasteiger partial charge is 0.483 e. The van der Waals surface area contributed by atoms with E-state index in [1.165, 1.54) is 11.1 Å². The van der Waals surface area contributed by atoms with Gasteiger partial charge in [0, 0.05) is 5.56 Å². The fourth-order valence-electron chi connectivity index (χ4n) is 3.46. The highest BCUT2D eigenvalue weighted by atomic mass is 16.5. The van der Waals surface area contributed by atoms with Crippen LogP contribution in [0.1, 0.15) is 52.2 Å². The molecular weight excluding hydrogens is 260 g/mol. The van der Waals surface area contributed by atoms with E-state index in [0.29, 0.717) is 11.8 Å². The van der Waals surface area contributed by atoms with Crippen LogP contribution in [-0.2, 0) is 10.2 Å². The van der Waals surface area contributed by atoms with Crippen LogP contribution in [0.3, 0.4) is 0 Å². The Labute approximate surface area is 127 Å². The quantitative estimate of drug-likeness (QED) is 0.770. The normalized spacial score (nSPS) is 29.4. The second-order valence-electron chi connectivity index (χ2n) is 7.43. The van der Waals surface area contributed by atoms with E-state index in [1.54, 1.807) is 0 Å². The summed E-state index contributed by atoms with van der Waals surface area (Å²) < 4.78 is 6.15. The highest BCUT2D eigenvalue weighted by molar-refractivity contribution is 5.78. The third-order valence-corrected chi connectivity index (χ3v) is 4.90. The molecule has 0 unspecified atom stereocenters. The lowest BCUT2D eigenvalue weighted by atomic mass is 9.85. The van der Waals surface area contributed by atoms with Crippen LogP contribution < -0.4 is 4.74 Å². The van der Waals surface area contributed by atoms with Crippen molar-refractivity contribution < 1.29 is 9.53 Å². The Morgan fingerprint density at radius 1 is 1.33 bits per heavy atom. The summed E-state index contributed by atoms with van der Waals surface area (Å²) in [4.78, 5) is 11.5. The van der Waals surface area contributed by atoms with Crippen LogP contribution in [-0.4, -0.2) is 11.9 Å². The van der Waals surface area contributed by atoms with Crippen LogP contribution in [0.15, 0.2) is 24.3 Å². The monoisotopic (exact) mass is 284 g/mol. The summed E-state index contributed by atoms with van der Waals surface area (Å²) in [6.45, 7) is 10.7. The van der Waals surface area contributed by atoms with Crippen molar-refractivity contribution in [2.24, 2.45) is 11.8 Å². The molecule has 1 heterocycles. The fourth-order valence-corrected chi connectivity index (χ4v) is 3.46. The summed E-state index contributed by atoms with van der Waals surface area (Å²) >= 11 is 0. The van der Waals surface area contributed by atoms with Gasteiger partial charge in [-0.25, -0.2) is 0 Å². The number of benzene rings is 1. The Morgan fingerprint density at radius 3 is 2.52 bits per heavy atom. The van der Waals surface area contributed by atoms with Gasteiger partial charge < -0.3 is 9.53 Å². The molecule has 2 heteroatoms. The third kappa shape index (κ3) is 2.21. The van der Waals surface area contributed by atoms with Gasteiger partial charge in [0.15, 0.2) is 0 Å². The molecule has 21 heavy (non-hydrogen) atoms. The molecule has 2 atom stereocenters. The van der Waals surface area contributed by atoms with Gasteiger partial charge in [-0.05, 0) is 55.4 Å². The van der Waals surface area contributed by atoms with Gasteiger partial charge in [-0.15, -0.1) is 0 Å². The summed E-state index contributed by atoms with van der Waals surface area (Å²) in [5.74, 6) is 1.81. The van der Waals surface area contributed by atoms with E-state index in [0.717, 1.165) is 24.0 Å². The molecule has 2 nitrogen and oxygen atoms in total. The first-order valence-corrected chi connectivity index (χ1v) is 7.82. The zero-order valence-electron chi connectivity index (χ0n) is 13.6. The second-order valence-corrected chi connectivity index (χ2v) is 7.43. The molecule has 0 radical (unpaired) electrons. The van der Waals surface area contributed by atoms with Gasteiger partial charge in [0.1, 0.15) is 17.6 Å². The number of carbonyl (C=O) groups excluding carboxylic acids is 1. The van der Waals surface area contributed by atoms with Gasteiger partial charge in [0.2, 0.25) is 0 Å². The van der Waals surface area contributed by atoms with E-state index >= 15 is 0 Å². The predicted octanol–water partition coefficient (Wildman–Crippen LogP) is 4.37. The van der Waals surface area contributed by atoms with E-state index in [-0.39, 0.29) is 11.0 Å². The van der Waals surface area contributed by atoms with Gasteiger partial charge in [0.25, 0.3) is 0 Å². The molecule has 1 aliphatic carbocycles. The van der Waals surface area contributed by atoms with Crippen LogP contribution >= 0.6 is 0 Å². The number of hydrogen-bond acceptors (Lipinski definition) is 2. The Hall–Kier alpha value is -1.57. The van der Waals surface area contributed by atoms with Crippen molar-refractivity contribution in [1.29, 1.82) is 0 Å². The van der Waals surface area contributed by atoms with Gasteiger partial charge in [-0.3, -0.25) is 0 Å². The Bertz CT molecular complexity index is 624. The first-order chi connectivity index (χ1) is 9.79. The number of rotatable bonds is 3. The summed E-state index contributed by atoms with van der Waals surface area (Å²) in [6, 6.07) is 6.32. The van der Waals surface area contributed by atoms with E-state index < -0.39 is 0 Å². The van der Waals surface area contributed by atoms with Crippen molar-refractivity contribution in [1.82, 2.24) is 0 Å². The number of aldehydes is 1. The second kappa shape index (κ2) is 4.46. The summed E-state index contributed by atoms with van der Waals surface area (Å²) in [7, 11) is 0. The molecule has 0 spiro atoms. The molecule has 0 bridgehead atoms. The lowest BCUT2D eigenvalue weighted by Crippen LogP contribution is -2.30. The van der Waals surface area contributed by atoms with Gasteiger partial charge in [0.05, 0.1) is 5.41 Å². The van der Waals surface area contributed by atoms with Crippen molar-refractivity contribution in [3.05, 3.63) is 35.4 Å². The van der Waals surface area contributed by atoms with Crippen molar-refractivity contribution in [3.8, 4) is 5.75 Å². The molecule has 1 aromatic carbocycles. The minimum Gasteiger partial charge on any atom is -0.483 e. The van der Waals surface area contributed by atoms with E-state index in [2.05, 4.69) is 58.9 Å². The molecule has 0 saturated heterocycles. The molecule has 3 rings (SSSR count). The average Bonchev–Trinajstić information content (AvgIpc) is 3.08. The lowest BCUT2D eigenvalue weighted by Gasteiger charge is -2.33. The minimum atomic E-state index is -0.297. The van der Waals surface area contributed by atoms with E-state index in [1.807, 2.05) is 0 Å². The Balaban J connectivity index is 2.08. The summed E-state index contributed by atoms with van der Waals surface area (Å²) in [6.07, 6.45) is 4.28. The van der Waals surface area contributed by atoms with Crippen LogP contribution in [0.5, 0.6) is 5.75 Å². The molecule has 1 aromatic rings. The average molecular weight is 284 g/mol. The molecule has 1 aliphatic heterocycles. The maximum atomic E-state index is 11.5. The topological polar surface area (TPSA) is 26.3 Å². The van der Waals surface area contributed by atoms with Gasteiger partial charge >= 0.3 is 0 Å². The van der Waals surface area contributed by atoms with Crippen LogP contribution in [0.2, 0.25) is 0 Å². The van der Waals surface area contributed by atoms with Crippen molar-refractivity contribution in [2.75, 3.05) is 0 Å². The third-order valence-electron chi connectivity index (χ3n) is 4.90. The van der Waals surface area contributed by atoms with E-state index in [9.17, 15) is 4.79 Å². The molecule has 112 valence electrons. The molecule has 0 amide bonds. The Morgan fingerprint density at radius 2 is 2.00 bits per heavy atom. The molecule has 1 fully saturated rings. The zero-order chi connectivity index (χ0) is 15.4. The Kier molecular flexibility index (Phi) is 3.05. The van der Waals surface area contributed by atoms with E-state index in [4.69, 9.17) is 4.74 Å². The minimum absolute atomic E-state index is 0.276. The zero-order valence-corrected chi connectivity index (χ0v) is 13.6. The highest BCUT2D eigenvalue weighted by Crippen LogP contribution is 2.54. The predicted molar refractivity (Wildman–Crippen MR) is 85.5 cm³/mol. The van der Waals surface area contributed by atoms with Crippen LogP contribution in [0, 0.1) is 11.8 Å². The fraction of sp³-hybridized carbons (Fsp3) is 0.526. The SMILES string of the molecule is CC(C)C1=CC(C)(C)Oc2cc([C@@]3(C=O)C[C@H]3C)ccc21. The van der Waals surface area contributed by atoms with Crippen LogP contribution in [0.4, 0.5) is 0 Å². The number of fused-ring (bicyclic) bond motifs is 1. The van der Waals surface area contributed by atoms with Crippen molar-refractivity contribution >= 4 is 11.9 Å². The maximum Gasteiger partial charge on any atom is 0.130 e. The molecule has 0 N–H and O–H groups in total. The number of carbonyl (C=O) groups is 1. The number of hydrogen-bond donors (Lipinski definition) is 0. The van der Waals surface area contributed by atoms with Gasteiger partial charge in [-0.1, -0.05) is 32.9 Å². The molecule has 1 saturated carbocycles. The maximum absolute atomic E-state index is 11.5. The standard InChI is InChI=1S/C19H24O2/c1-12(2)16-10-18(4,5)21-17-8-14(6-7-15(16)17)19(11-20)9-13(19)3/h6-8,10-13H,9H2,1-5H3/t13-,19-/m1/s1. The summed E-state index contributed by atoms with van der Waals surface area (Å²) in [5, 5.41) is 0. The molecule has 2 aliphatic rings. The molecule has 0 aromatic heterocycles.